The smallest absolute Gasteiger partial charge is 0.235 e. The second kappa shape index (κ2) is 15.5. The average Bonchev–Trinajstić information content (AvgIpc) is 3.02. The Labute approximate surface area is 158 Å². The Morgan fingerprint density at radius 1 is 0.680 bits per heavy atom. The van der Waals surface area contributed by atoms with Crippen LogP contribution in [-0.4, -0.2) is 4.57 Å². The molecule has 0 atom stereocenters. The van der Waals surface area contributed by atoms with Gasteiger partial charge in [0, 0.05) is 6.42 Å². The zero-order valence-electron chi connectivity index (χ0n) is 17.6. The van der Waals surface area contributed by atoms with E-state index < -0.39 is 0 Å². The van der Waals surface area contributed by atoms with Gasteiger partial charge in [-0.2, -0.15) is 0 Å². The van der Waals surface area contributed by atoms with Crippen molar-refractivity contribution in [2.24, 2.45) is 0 Å². The summed E-state index contributed by atoms with van der Waals surface area (Å²) in [5, 5.41) is 0. The van der Waals surface area contributed by atoms with E-state index in [9.17, 15) is 0 Å². The second-order valence-electron chi connectivity index (χ2n) is 7.69. The number of imidazole rings is 1. The average molecular weight is 350 g/mol. The van der Waals surface area contributed by atoms with Gasteiger partial charge in [-0.25, -0.2) is 9.13 Å². The van der Waals surface area contributed by atoms with Crippen LogP contribution in [-0.2, 0) is 19.5 Å². The first-order valence-electron chi connectivity index (χ1n) is 11.4. The van der Waals surface area contributed by atoms with Crippen LogP contribution in [0.25, 0.3) is 0 Å². The fraction of sp³-hybridized carbons (Fsp3) is 0.870. The van der Waals surface area contributed by atoms with Gasteiger partial charge < -0.3 is 0 Å². The fourth-order valence-corrected chi connectivity index (χ4v) is 3.76. The highest BCUT2D eigenvalue weighted by Crippen LogP contribution is 2.12. The molecule has 2 heteroatoms. The number of hydrogen-bond acceptors (Lipinski definition) is 0. The van der Waals surface area contributed by atoms with Gasteiger partial charge in [-0.15, -0.1) is 0 Å². The molecular formula is C23H45N2+. The summed E-state index contributed by atoms with van der Waals surface area (Å²) in [6.07, 6.45) is 25.5. The molecule has 1 aromatic heterocycles. The van der Waals surface area contributed by atoms with Crippen LogP contribution in [0.15, 0.2) is 12.4 Å². The summed E-state index contributed by atoms with van der Waals surface area (Å²) >= 11 is 0. The number of aromatic nitrogens is 2. The Balaban J connectivity index is 2.16. The summed E-state index contributed by atoms with van der Waals surface area (Å²) in [5.74, 6) is 1.55. The largest absolute Gasteiger partial charge is 0.256 e. The first-order chi connectivity index (χ1) is 12.3. The second-order valence-corrected chi connectivity index (χ2v) is 7.69. The molecule has 0 saturated heterocycles. The molecule has 1 rings (SSSR count). The predicted octanol–water partition coefficient (Wildman–Crippen LogP) is 6.84. The van der Waals surface area contributed by atoms with Gasteiger partial charge in [-0.3, -0.25) is 0 Å². The van der Waals surface area contributed by atoms with E-state index in [-0.39, 0.29) is 0 Å². The third-order valence-electron chi connectivity index (χ3n) is 5.44. The zero-order chi connectivity index (χ0) is 18.2. The summed E-state index contributed by atoms with van der Waals surface area (Å²) < 4.78 is 4.97. The van der Waals surface area contributed by atoms with E-state index in [4.69, 9.17) is 0 Å². The van der Waals surface area contributed by atoms with Crippen molar-refractivity contribution >= 4 is 0 Å². The van der Waals surface area contributed by atoms with Crippen molar-refractivity contribution in [3.63, 3.8) is 0 Å². The minimum absolute atomic E-state index is 1.11. The Morgan fingerprint density at radius 3 is 1.76 bits per heavy atom. The van der Waals surface area contributed by atoms with Gasteiger partial charge in [0.2, 0.25) is 0 Å². The van der Waals surface area contributed by atoms with Gasteiger partial charge in [-0.05, 0) is 26.2 Å². The standard InChI is InChI=1S/C23H45N2/c1-4-7-9-11-12-13-14-15-16-18-20-25-22-21-24(6-3)23(25)19-17-10-8-5-2/h21-22H,4-20H2,1-3H3/q+1. The molecule has 0 unspecified atom stereocenters. The number of unbranched alkanes of at least 4 members (excludes halogenated alkanes) is 12. The van der Waals surface area contributed by atoms with E-state index in [0.717, 1.165) is 6.54 Å². The quantitative estimate of drug-likeness (QED) is 0.215. The van der Waals surface area contributed by atoms with Crippen LogP contribution in [0, 0.1) is 0 Å². The van der Waals surface area contributed by atoms with E-state index in [2.05, 4.69) is 42.3 Å². The van der Waals surface area contributed by atoms with Crippen molar-refractivity contribution in [2.45, 2.75) is 130 Å². The molecule has 0 aromatic carbocycles. The lowest BCUT2D eigenvalue weighted by Gasteiger charge is -2.05. The van der Waals surface area contributed by atoms with E-state index in [1.54, 1.807) is 5.82 Å². The SMILES string of the molecule is CCCCCCCCCCCCn1cc[n+](CC)c1CCCCCC. The molecule has 0 aliphatic carbocycles. The summed E-state index contributed by atoms with van der Waals surface area (Å²) in [5.41, 5.74) is 0. The Hall–Kier alpha value is -0.790. The van der Waals surface area contributed by atoms with Crippen LogP contribution in [0.1, 0.15) is 116 Å². The highest BCUT2D eigenvalue weighted by molar-refractivity contribution is 4.84. The Morgan fingerprint density at radius 2 is 1.20 bits per heavy atom. The summed E-state index contributed by atoms with van der Waals surface area (Å²) in [7, 11) is 0. The highest BCUT2D eigenvalue weighted by atomic mass is 15.1. The molecule has 0 aliphatic rings. The van der Waals surface area contributed by atoms with Gasteiger partial charge in [-0.1, -0.05) is 84.5 Å². The molecule has 0 N–H and O–H groups in total. The minimum Gasteiger partial charge on any atom is -0.235 e. The molecule has 25 heavy (non-hydrogen) atoms. The Kier molecular flexibility index (Phi) is 13.8. The number of nitrogens with zero attached hydrogens (tertiary/aromatic N) is 2. The lowest BCUT2D eigenvalue weighted by atomic mass is 10.1. The van der Waals surface area contributed by atoms with Crippen LogP contribution in [0.4, 0.5) is 0 Å². The molecule has 0 radical (unpaired) electrons. The molecule has 1 heterocycles. The number of aryl methyl sites for hydroxylation is 2. The van der Waals surface area contributed by atoms with Gasteiger partial charge in [0.25, 0.3) is 5.82 Å². The molecule has 0 saturated carbocycles. The number of hydrogen-bond donors (Lipinski definition) is 0. The summed E-state index contributed by atoms with van der Waals surface area (Å²) in [6, 6.07) is 0. The van der Waals surface area contributed by atoms with Crippen LogP contribution < -0.4 is 4.57 Å². The van der Waals surface area contributed by atoms with Crippen molar-refractivity contribution in [1.82, 2.24) is 4.57 Å². The van der Waals surface area contributed by atoms with E-state index in [0.29, 0.717) is 0 Å². The van der Waals surface area contributed by atoms with Crippen molar-refractivity contribution in [3.8, 4) is 0 Å². The molecule has 0 aliphatic heterocycles. The lowest BCUT2D eigenvalue weighted by Crippen LogP contribution is -2.36. The van der Waals surface area contributed by atoms with Crippen LogP contribution in [0.3, 0.4) is 0 Å². The van der Waals surface area contributed by atoms with Crippen molar-refractivity contribution in [3.05, 3.63) is 18.2 Å². The first kappa shape index (κ1) is 22.3. The highest BCUT2D eigenvalue weighted by Gasteiger charge is 2.15. The van der Waals surface area contributed by atoms with Gasteiger partial charge >= 0.3 is 0 Å². The summed E-state index contributed by atoms with van der Waals surface area (Å²) in [4.78, 5) is 0. The lowest BCUT2D eigenvalue weighted by molar-refractivity contribution is -0.700. The first-order valence-corrected chi connectivity index (χ1v) is 11.4. The third-order valence-corrected chi connectivity index (χ3v) is 5.44. The number of rotatable bonds is 17. The normalized spacial score (nSPS) is 11.3. The van der Waals surface area contributed by atoms with E-state index in [1.807, 2.05) is 0 Å². The van der Waals surface area contributed by atoms with Crippen molar-refractivity contribution < 1.29 is 4.57 Å². The summed E-state index contributed by atoms with van der Waals surface area (Å²) in [6.45, 7) is 9.17. The van der Waals surface area contributed by atoms with E-state index >= 15 is 0 Å². The Bertz CT molecular complexity index is 408. The minimum atomic E-state index is 1.11. The predicted molar refractivity (Wildman–Crippen MR) is 110 cm³/mol. The molecule has 2 nitrogen and oxygen atoms in total. The third kappa shape index (κ3) is 10.1. The van der Waals surface area contributed by atoms with Crippen LogP contribution >= 0.6 is 0 Å². The maximum Gasteiger partial charge on any atom is 0.256 e. The molecule has 0 fully saturated rings. The molecular weight excluding hydrogens is 304 g/mol. The van der Waals surface area contributed by atoms with Crippen molar-refractivity contribution in [2.75, 3.05) is 0 Å². The molecule has 146 valence electrons. The fourth-order valence-electron chi connectivity index (χ4n) is 3.76. The van der Waals surface area contributed by atoms with Crippen LogP contribution in [0.2, 0.25) is 0 Å². The van der Waals surface area contributed by atoms with Gasteiger partial charge in [0.15, 0.2) is 0 Å². The van der Waals surface area contributed by atoms with Gasteiger partial charge in [0.1, 0.15) is 12.4 Å². The molecule has 1 aromatic rings. The topological polar surface area (TPSA) is 8.81 Å². The zero-order valence-corrected chi connectivity index (χ0v) is 17.6. The van der Waals surface area contributed by atoms with Crippen LogP contribution in [0.5, 0.6) is 0 Å². The van der Waals surface area contributed by atoms with Gasteiger partial charge in [0.05, 0.1) is 13.1 Å². The monoisotopic (exact) mass is 349 g/mol. The van der Waals surface area contributed by atoms with E-state index in [1.165, 1.54) is 103 Å². The maximum atomic E-state index is 2.53. The molecule has 0 bridgehead atoms. The molecule has 0 spiro atoms. The molecule has 0 amide bonds. The van der Waals surface area contributed by atoms with Crippen molar-refractivity contribution in [1.29, 1.82) is 0 Å². The maximum absolute atomic E-state index is 2.53.